The third-order valence-electron chi connectivity index (χ3n) is 0.712. The van der Waals surface area contributed by atoms with E-state index in [4.69, 9.17) is 30.3 Å². The monoisotopic (exact) mass is 230 g/mol. The Kier molecular flexibility index (Phi) is 7.15. The van der Waals surface area contributed by atoms with Gasteiger partial charge in [0.25, 0.3) is 0 Å². The fourth-order valence-electron chi connectivity index (χ4n) is 0.275. The highest BCUT2D eigenvalue weighted by molar-refractivity contribution is 7.49. The van der Waals surface area contributed by atoms with Crippen molar-refractivity contribution in [2.75, 3.05) is 0 Å². The molecule has 0 aromatic carbocycles. The number of aliphatic carboxylic acids is 2. The summed E-state index contributed by atoms with van der Waals surface area (Å²) in [4.78, 5) is 34.4. The molecular weight excluding hydrogens is 219 g/mol. The minimum Gasteiger partial charge on any atom is -0.481 e. The van der Waals surface area contributed by atoms with Crippen LogP contribution in [0.25, 0.3) is 0 Å². The van der Waals surface area contributed by atoms with Crippen LogP contribution < -0.4 is 11.2 Å². The summed E-state index contributed by atoms with van der Waals surface area (Å²) in [5.74, 6) is -2.50. The molecule has 0 radical (unpaired) electrons. The summed E-state index contributed by atoms with van der Waals surface area (Å²) >= 11 is 0. The second-order valence-corrected chi connectivity index (χ2v) is 3.31. The zero-order chi connectivity index (χ0) is 11.9. The summed E-state index contributed by atoms with van der Waals surface area (Å²) in [5, 5.41) is 16.0. The molecule has 0 aromatic rings. The van der Waals surface area contributed by atoms with E-state index in [1.807, 2.05) is 0 Å². The highest BCUT2D eigenvalue weighted by atomic mass is 31.2. The Bertz CT molecular complexity index is 240. The maximum atomic E-state index is 9.85. The van der Waals surface area contributed by atoms with Crippen LogP contribution in [0, 0.1) is 0 Å². The van der Waals surface area contributed by atoms with Crippen molar-refractivity contribution in [3.05, 3.63) is 0 Å². The van der Waals surface area contributed by atoms with Crippen LogP contribution in [0.1, 0.15) is 6.42 Å². The van der Waals surface area contributed by atoms with Crippen LogP contribution in [-0.4, -0.2) is 38.0 Å². The van der Waals surface area contributed by atoms with Gasteiger partial charge in [0.2, 0.25) is 0 Å². The van der Waals surface area contributed by atoms with Crippen molar-refractivity contribution in [1.29, 1.82) is 0 Å². The van der Waals surface area contributed by atoms with E-state index in [2.05, 4.69) is 5.50 Å². The third-order valence-corrected chi connectivity index (χ3v) is 0.712. The topological polar surface area (TPSA) is 184 Å². The van der Waals surface area contributed by atoms with Gasteiger partial charge < -0.3 is 25.7 Å². The highest BCUT2D eigenvalue weighted by Crippen LogP contribution is 2.20. The molecule has 0 aliphatic rings. The number of carbonyl (C=O) groups is 2. The minimum absolute atomic E-state index is 0.532. The highest BCUT2D eigenvalue weighted by Gasteiger charge is 2.14. The molecule has 84 valence electrons. The summed E-state index contributed by atoms with van der Waals surface area (Å²) in [7, 11) is -4.14. The van der Waals surface area contributed by atoms with E-state index >= 15 is 0 Å². The number of nitrogens with two attached hydrogens (primary N) is 2. The van der Waals surface area contributed by atoms with Crippen molar-refractivity contribution in [3.8, 4) is 0 Å². The zero-order valence-corrected chi connectivity index (χ0v) is 7.79. The van der Waals surface area contributed by atoms with Gasteiger partial charge in [-0.2, -0.15) is 0 Å². The molecule has 0 heterocycles. The first-order valence-electron chi connectivity index (χ1n) is 3.08. The number of rotatable bonds is 3. The Hall–Kier alpha value is -0.990. The molecule has 9 nitrogen and oxygen atoms in total. The molecule has 1 unspecified atom stereocenters. The van der Waals surface area contributed by atoms with E-state index in [1.54, 1.807) is 0 Å². The molecule has 0 aliphatic heterocycles. The third kappa shape index (κ3) is 22.5. The van der Waals surface area contributed by atoms with Crippen LogP contribution in [-0.2, 0) is 14.2 Å². The van der Waals surface area contributed by atoms with Crippen molar-refractivity contribution in [2.45, 2.75) is 12.5 Å². The standard InChI is InChI=1S/C4H7NO4.H4NO3P/c5-2(4(8)9)1-3(6)7;1-5(2,3)4/h2H,1,5H2,(H,6,7)(H,8,9);(H4,1,2,3,4). The lowest BCUT2D eigenvalue weighted by atomic mass is 10.2. The Labute approximate surface area is 78.5 Å². The molecule has 0 rings (SSSR count). The first-order chi connectivity index (χ1) is 6.04. The maximum absolute atomic E-state index is 9.85. The molecule has 14 heavy (non-hydrogen) atoms. The molecule has 0 aromatic heterocycles. The van der Waals surface area contributed by atoms with Crippen LogP contribution in [0.5, 0.6) is 0 Å². The average molecular weight is 230 g/mol. The summed E-state index contributed by atoms with van der Waals surface area (Å²) in [5.41, 5.74) is 8.86. The molecule has 0 saturated carbocycles. The van der Waals surface area contributed by atoms with E-state index in [0.717, 1.165) is 0 Å². The van der Waals surface area contributed by atoms with E-state index in [-0.39, 0.29) is 0 Å². The molecule has 10 heteroatoms. The first-order valence-corrected chi connectivity index (χ1v) is 4.76. The molecular formula is C4H11N2O7P. The normalized spacial score (nSPS) is 12.3. The van der Waals surface area contributed by atoms with Crippen LogP contribution in [0.3, 0.4) is 0 Å². The summed E-state index contributed by atoms with van der Waals surface area (Å²) in [6.07, 6.45) is -0.532. The van der Waals surface area contributed by atoms with Crippen LogP contribution in [0.2, 0.25) is 0 Å². The minimum atomic E-state index is -4.14. The second-order valence-electron chi connectivity index (χ2n) is 2.13. The van der Waals surface area contributed by atoms with Gasteiger partial charge in [-0.1, -0.05) is 0 Å². The fraction of sp³-hybridized carbons (Fsp3) is 0.500. The van der Waals surface area contributed by atoms with Crippen LogP contribution in [0.4, 0.5) is 0 Å². The molecule has 0 spiro atoms. The van der Waals surface area contributed by atoms with E-state index in [9.17, 15) is 9.59 Å². The lowest BCUT2D eigenvalue weighted by Gasteiger charge is -1.99. The van der Waals surface area contributed by atoms with Crippen molar-refractivity contribution < 1.29 is 34.2 Å². The van der Waals surface area contributed by atoms with Gasteiger partial charge >= 0.3 is 19.7 Å². The summed E-state index contributed by atoms with van der Waals surface area (Å²) in [6, 6.07) is -1.29. The lowest BCUT2D eigenvalue weighted by Crippen LogP contribution is -2.32. The van der Waals surface area contributed by atoms with Gasteiger partial charge in [0.1, 0.15) is 6.04 Å². The molecule has 1 atom stereocenters. The van der Waals surface area contributed by atoms with Gasteiger partial charge in [0.05, 0.1) is 6.42 Å². The van der Waals surface area contributed by atoms with Crippen LogP contribution >= 0.6 is 7.75 Å². The average Bonchev–Trinajstić information content (AvgIpc) is 1.80. The Morgan fingerprint density at radius 1 is 1.29 bits per heavy atom. The van der Waals surface area contributed by atoms with Gasteiger partial charge in [0.15, 0.2) is 0 Å². The van der Waals surface area contributed by atoms with Gasteiger partial charge in [-0.15, -0.1) is 0 Å². The van der Waals surface area contributed by atoms with Crippen molar-refractivity contribution in [3.63, 3.8) is 0 Å². The molecule has 0 bridgehead atoms. The van der Waals surface area contributed by atoms with Gasteiger partial charge in [-0.05, 0) is 0 Å². The zero-order valence-electron chi connectivity index (χ0n) is 6.90. The molecule has 0 aliphatic carbocycles. The SMILES string of the molecule is NC(CC(=O)O)C(=O)O.NP(=O)(O)O. The number of hydrogen-bond donors (Lipinski definition) is 6. The van der Waals surface area contributed by atoms with E-state index < -0.39 is 32.1 Å². The van der Waals surface area contributed by atoms with E-state index in [0.29, 0.717) is 0 Å². The van der Waals surface area contributed by atoms with Crippen molar-refractivity contribution in [1.82, 2.24) is 0 Å². The molecule has 0 amide bonds. The predicted octanol–water partition coefficient (Wildman–Crippen LogP) is -2.09. The largest absolute Gasteiger partial charge is 0.481 e. The number of carboxylic acid groups (broad SMARTS) is 2. The van der Waals surface area contributed by atoms with Crippen LogP contribution in [0.15, 0.2) is 0 Å². The maximum Gasteiger partial charge on any atom is 0.397 e. The number of carboxylic acids is 2. The summed E-state index contributed by atoms with van der Waals surface area (Å²) < 4.78 is 9.10. The smallest absolute Gasteiger partial charge is 0.397 e. The molecule has 0 saturated heterocycles. The second kappa shape index (κ2) is 6.46. The lowest BCUT2D eigenvalue weighted by molar-refractivity contribution is -0.144. The quantitative estimate of drug-likeness (QED) is 0.295. The Balaban J connectivity index is 0. The van der Waals surface area contributed by atoms with Crippen molar-refractivity contribution in [2.24, 2.45) is 11.2 Å². The van der Waals surface area contributed by atoms with E-state index in [1.165, 1.54) is 0 Å². The summed E-state index contributed by atoms with van der Waals surface area (Å²) in [6.45, 7) is 0. The molecule has 0 fully saturated rings. The predicted molar refractivity (Wildman–Crippen MR) is 44.1 cm³/mol. The Morgan fingerprint density at radius 2 is 1.57 bits per heavy atom. The first kappa shape index (κ1) is 15.5. The van der Waals surface area contributed by atoms with Crippen molar-refractivity contribution >= 4 is 19.7 Å². The van der Waals surface area contributed by atoms with Gasteiger partial charge in [-0.25, -0.2) is 10.1 Å². The Morgan fingerprint density at radius 3 is 1.64 bits per heavy atom. The fourth-order valence-corrected chi connectivity index (χ4v) is 0.275. The van der Waals surface area contributed by atoms with Gasteiger partial charge in [0, 0.05) is 0 Å². The number of hydrogen-bond acceptors (Lipinski definition) is 4. The molecule has 8 N–H and O–H groups in total. The van der Waals surface area contributed by atoms with Gasteiger partial charge in [-0.3, -0.25) is 9.59 Å².